The highest BCUT2D eigenvalue weighted by Crippen LogP contribution is 2.64. The van der Waals surface area contributed by atoms with E-state index in [0.29, 0.717) is 29.6 Å². The molecular weight excluding hydrogens is 272 g/mol. The van der Waals surface area contributed by atoms with Gasteiger partial charge in [-0.25, -0.2) is 0 Å². The second-order valence-electron chi connectivity index (χ2n) is 9.15. The lowest BCUT2D eigenvalue weighted by Crippen LogP contribution is -2.51. The zero-order valence-electron chi connectivity index (χ0n) is 14.2. The molecule has 0 radical (unpaired) electrons. The van der Waals surface area contributed by atoms with Crippen LogP contribution in [0, 0.1) is 34.5 Å². The Morgan fingerprint density at radius 1 is 1.18 bits per heavy atom. The minimum absolute atomic E-state index is 0.0378. The molecule has 22 heavy (non-hydrogen) atoms. The van der Waals surface area contributed by atoms with Crippen molar-refractivity contribution >= 4 is 0 Å². The predicted octanol–water partition coefficient (Wildman–Crippen LogP) is 4.04. The lowest BCUT2D eigenvalue weighted by molar-refractivity contribution is -0.151. The van der Waals surface area contributed by atoms with E-state index in [9.17, 15) is 10.2 Å². The van der Waals surface area contributed by atoms with Crippen LogP contribution in [0.2, 0.25) is 0 Å². The molecular formula is C20H30O2. The predicted molar refractivity (Wildman–Crippen MR) is 87.9 cm³/mol. The van der Waals surface area contributed by atoms with Crippen LogP contribution in [0.1, 0.15) is 59.3 Å². The highest BCUT2D eigenvalue weighted by atomic mass is 16.5. The fourth-order valence-electron chi connectivity index (χ4n) is 6.45. The van der Waals surface area contributed by atoms with Crippen LogP contribution in [0.15, 0.2) is 23.8 Å². The molecule has 6 atom stereocenters. The van der Waals surface area contributed by atoms with Gasteiger partial charge in [-0.3, -0.25) is 0 Å². The zero-order chi connectivity index (χ0) is 15.8. The number of hydrogen-bond acceptors (Lipinski definition) is 2. The SMILES string of the molecule is C[C@H]1C[C@@H]2CC(O)(O)C=C[C@]2(C)C2=CC[C@]3(C)CCC[C@H]3[C@@H]21. The molecule has 0 aromatic rings. The van der Waals surface area contributed by atoms with Crippen LogP contribution >= 0.6 is 0 Å². The Kier molecular flexibility index (Phi) is 3.05. The van der Waals surface area contributed by atoms with Gasteiger partial charge in [-0.1, -0.05) is 44.9 Å². The van der Waals surface area contributed by atoms with E-state index in [1.165, 1.54) is 25.7 Å². The van der Waals surface area contributed by atoms with Crippen LogP contribution in [0.5, 0.6) is 0 Å². The van der Waals surface area contributed by atoms with Gasteiger partial charge in [0.25, 0.3) is 0 Å². The van der Waals surface area contributed by atoms with Gasteiger partial charge in [0, 0.05) is 11.8 Å². The summed E-state index contributed by atoms with van der Waals surface area (Å²) in [4.78, 5) is 0. The molecule has 0 aromatic heterocycles. The molecule has 2 fully saturated rings. The third-order valence-corrected chi connectivity index (χ3v) is 7.72. The summed E-state index contributed by atoms with van der Waals surface area (Å²) in [7, 11) is 0. The van der Waals surface area contributed by atoms with E-state index in [1.54, 1.807) is 11.6 Å². The minimum Gasteiger partial charge on any atom is -0.362 e. The summed E-state index contributed by atoms with van der Waals surface area (Å²) >= 11 is 0. The molecule has 4 aliphatic rings. The molecule has 4 aliphatic carbocycles. The smallest absolute Gasteiger partial charge is 0.182 e. The molecule has 122 valence electrons. The van der Waals surface area contributed by atoms with Crippen molar-refractivity contribution < 1.29 is 10.2 Å². The fourth-order valence-corrected chi connectivity index (χ4v) is 6.45. The lowest BCUT2D eigenvalue weighted by Gasteiger charge is -2.57. The topological polar surface area (TPSA) is 40.5 Å². The molecule has 2 saturated carbocycles. The average molecular weight is 302 g/mol. The summed E-state index contributed by atoms with van der Waals surface area (Å²) < 4.78 is 0. The minimum atomic E-state index is -1.60. The van der Waals surface area contributed by atoms with E-state index in [4.69, 9.17) is 0 Å². The molecule has 0 spiro atoms. The first-order valence-corrected chi connectivity index (χ1v) is 9.11. The second kappa shape index (κ2) is 4.48. The maximum atomic E-state index is 10.1. The van der Waals surface area contributed by atoms with Crippen LogP contribution in [-0.4, -0.2) is 16.0 Å². The highest BCUT2D eigenvalue weighted by molar-refractivity contribution is 5.35. The van der Waals surface area contributed by atoms with E-state index in [0.717, 1.165) is 12.3 Å². The molecule has 0 heterocycles. The monoisotopic (exact) mass is 302 g/mol. The van der Waals surface area contributed by atoms with Crippen molar-refractivity contribution in [2.75, 3.05) is 0 Å². The highest BCUT2D eigenvalue weighted by Gasteiger charge is 2.56. The van der Waals surface area contributed by atoms with Crippen molar-refractivity contribution in [1.29, 1.82) is 0 Å². The summed E-state index contributed by atoms with van der Waals surface area (Å²) in [5.41, 5.74) is 2.17. The number of aliphatic hydroxyl groups is 2. The first-order valence-electron chi connectivity index (χ1n) is 9.11. The maximum Gasteiger partial charge on any atom is 0.182 e. The first-order chi connectivity index (χ1) is 10.3. The number of hydrogen-bond donors (Lipinski definition) is 2. The molecule has 0 aliphatic heterocycles. The molecule has 4 rings (SSSR count). The van der Waals surface area contributed by atoms with Crippen molar-refractivity contribution in [1.82, 2.24) is 0 Å². The molecule has 2 N–H and O–H groups in total. The van der Waals surface area contributed by atoms with Gasteiger partial charge >= 0.3 is 0 Å². The Balaban J connectivity index is 1.78. The summed E-state index contributed by atoms with van der Waals surface area (Å²) in [6.45, 7) is 7.24. The molecule has 0 aromatic carbocycles. The third-order valence-electron chi connectivity index (χ3n) is 7.72. The van der Waals surface area contributed by atoms with Crippen molar-refractivity contribution in [3.05, 3.63) is 23.8 Å². The van der Waals surface area contributed by atoms with Gasteiger partial charge in [0.1, 0.15) is 0 Å². The van der Waals surface area contributed by atoms with Gasteiger partial charge in [0.2, 0.25) is 0 Å². The molecule has 0 saturated heterocycles. The van der Waals surface area contributed by atoms with Crippen LogP contribution < -0.4 is 0 Å². The van der Waals surface area contributed by atoms with E-state index in [2.05, 4.69) is 32.9 Å². The van der Waals surface area contributed by atoms with Gasteiger partial charge < -0.3 is 10.2 Å². The maximum absolute atomic E-state index is 10.1. The molecule has 0 bridgehead atoms. The summed E-state index contributed by atoms with van der Waals surface area (Å²) in [5.74, 6) is 0.958. The fraction of sp³-hybridized carbons (Fsp3) is 0.800. The zero-order valence-corrected chi connectivity index (χ0v) is 14.2. The van der Waals surface area contributed by atoms with E-state index < -0.39 is 5.79 Å². The quantitative estimate of drug-likeness (QED) is 0.523. The first kappa shape index (κ1) is 15.0. The van der Waals surface area contributed by atoms with Crippen LogP contribution in [-0.2, 0) is 0 Å². The summed E-state index contributed by atoms with van der Waals surface area (Å²) in [6.07, 6.45) is 13.3. The van der Waals surface area contributed by atoms with Crippen molar-refractivity contribution in [3.63, 3.8) is 0 Å². The standard InChI is InChI=1S/C20H30O2/c1-13-11-14-12-20(21,22)10-9-19(14,3)16-6-8-18(2)7-4-5-15(18)17(13)16/h6,9-10,13-15,17,21-22H,4-5,7-8,11-12H2,1-3H3/t13-,14+,15-,17-,18-,19-/m0/s1. The largest absolute Gasteiger partial charge is 0.362 e. The second-order valence-corrected chi connectivity index (χ2v) is 9.15. The van der Waals surface area contributed by atoms with Gasteiger partial charge in [0.15, 0.2) is 5.79 Å². The third kappa shape index (κ3) is 1.93. The van der Waals surface area contributed by atoms with Crippen molar-refractivity contribution in [3.8, 4) is 0 Å². The molecule has 2 heteroatoms. The Labute approximate surface area is 134 Å². The summed E-state index contributed by atoms with van der Waals surface area (Å²) in [6, 6.07) is 0. The van der Waals surface area contributed by atoms with Crippen LogP contribution in [0.25, 0.3) is 0 Å². The van der Waals surface area contributed by atoms with Crippen molar-refractivity contribution in [2.45, 2.75) is 65.1 Å². The van der Waals surface area contributed by atoms with Gasteiger partial charge in [0.05, 0.1) is 0 Å². The average Bonchev–Trinajstić information content (AvgIpc) is 2.82. The van der Waals surface area contributed by atoms with Crippen LogP contribution in [0.4, 0.5) is 0 Å². The van der Waals surface area contributed by atoms with Gasteiger partial charge in [-0.2, -0.15) is 0 Å². The molecule has 0 unspecified atom stereocenters. The van der Waals surface area contributed by atoms with Gasteiger partial charge in [-0.15, -0.1) is 0 Å². The summed E-state index contributed by atoms with van der Waals surface area (Å²) in [5, 5.41) is 20.1. The Morgan fingerprint density at radius 3 is 2.73 bits per heavy atom. The van der Waals surface area contributed by atoms with Gasteiger partial charge in [-0.05, 0) is 60.8 Å². The van der Waals surface area contributed by atoms with Crippen molar-refractivity contribution in [2.24, 2.45) is 34.5 Å². The molecule has 0 amide bonds. The number of allylic oxidation sites excluding steroid dienone is 3. The van der Waals surface area contributed by atoms with E-state index >= 15 is 0 Å². The van der Waals surface area contributed by atoms with E-state index in [-0.39, 0.29) is 5.41 Å². The Morgan fingerprint density at radius 2 is 1.95 bits per heavy atom. The number of fused-ring (bicyclic) bond motifs is 5. The normalized spacial score (nSPS) is 52.5. The van der Waals surface area contributed by atoms with Crippen LogP contribution in [0.3, 0.4) is 0 Å². The Bertz CT molecular complexity index is 546. The van der Waals surface area contributed by atoms with E-state index in [1.807, 2.05) is 0 Å². The number of rotatable bonds is 0. The molecule has 2 nitrogen and oxygen atoms in total. The Hall–Kier alpha value is -0.600. The lowest BCUT2D eigenvalue weighted by atomic mass is 9.48.